The van der Waals surface area contributed by atoms with Crippen LogP contribution in [0.2, 0.25) is 5.02 Å². The highest BCUT2D eigenvalue weighted by molar-refractivity contribution is 7.12. The van der Waals surface area contributed by atoms with Crippen molar-refractivity contribution in [3.05, 3.63) is 38.8 Å². The van der Waals surface area contributed by atoms with Gasteiger partial charge in [0, 0.05) is 12.2 Å². The van der Waals surface area contributed by atoms with Crippen LogP contribution in [-0.2, 0) is 13.0 Å². The first-order chi connectivity index (χ1) is 8.11. The number of rotatable bonds is 4. The first kappa shape index (κ1) is 12.3. The van der Waals surface area contributed by atoms with Crippen LogP contribution < -0.4 is 0 Å². The zero-order valence-corrected chi connectivity index (χ0v) is 11.3. The molecule has 17 heavy (non-hydrogen) atoms. The lowest BCUT2D eigenvalue weighted by atomic mass is 10.2. The summed E-state index contributed by atoms with van der Waals surface area (Å²) >= 11 is 7.33. The number of carbonyl (C=O) groups excluding carboxylic acids is 1. The Morgan fingerprint density at radius 2 is 2.35 bits per heavy atom. The Balaban J connectivity index is 2.21. The number of carbonyl (C=O) groups is 1. The van der Waals surface area contributed by atoms with Crippen LogP contribution >= 0.6 is 22.9 Å². The maximum atomic E-state index is 12.1. The third-order valence-electron chi connectivity index (χ3n) is 2.50. The van der Waals surface area contributed by atoms with Gasteiger partial charge >= 0.3 is 0 Å². The summed E-state index contributed by atoms with van der Waals surface area (Å²) in [5.74, 6) is 0.0552. The van der Waals surface area contributed by atoms with Gasteiger partial charge in [-0.25, -0.2) is 0 Å². The van der Waals surface area contributed by atoms with E-state index in [0.29, 0.717) is 16.3 Å². The lowest BCUT2D eigenvalue weighted by molar-refractivity contribution is 0.0994. The lowest BCUT2D eigenvalue weighted by Crippen LogP contribution is -2.08. The normalized spacial score (nSPS) is 10.8. The molecular formula is C12H13ClN2OS. The SMILES string of the molecule is CCn1nc(C)cc1CC(=O)c1sccc1Cl. The average Bonchev–Trinajstić information content (AvgIpc) is 2.84. The molecule has 0 aromatic carbocycles. The zero-order chi connectivity index (χ0) is 12.4. The van der Waals surface area contributed by atoms with Gasteiger partial charge in [-0.1, -0.05) is 11.6 Å². The van der Waals surface area contributed by atoms with E-state index in [-0.39, 0.29) is 5.78 Å². The number of Topliss-reactive ketones (excluding diaryl/α,β-unsaturated/α-hetero) is 1. The molecule has 0 aliphatic rings. The van der Waals surface area contributed by atoms with Gasteiger partial charge in [0.15, 0.2) is 5.78 Å². The third kappa shape index (κ3) is 2.58. The number of nitrogens with zero attached hydrogens (tertiary/aromatic N) is 2. The van der Waals surface area contributed by atoms with Crippen LogP contribution in [-0.4, -0.2) is 15.6 Å². The molecule has 0 saturated heterocycles. The van der Waals surface area contributed by atoms with Crippen molar-refractivity contribution in [3.63, 3.8) is 0 Å². The maximum absolute atomic E-state index is 12.1. The van der Waals surface area contributed by atoms with Gasteiger partial charge in [0.05, 0.1) is 22.0 Å². The minimum absolute atomic E-state index is 0.0552. The molecule has 2 aromatic rings. The Kier molecular flexibility index (Phi) is 3.64. The van der Waals surface area contributed by atoms with Gasteiger partial charge in [-0.3, -0.25) is 9.48 Å². The zero-order valence-electron chi connectivity index (χ0n) is 9.74. The smallest absolute Gasteiger partial charge is 0.180 e. The number of halogens is 1. The minimum Gasteiger partial charge on any atom is -0.293 e. The molecule has 0 unspecified atom stereocenters. The largest absolute Gasteiger partial charge is 0.293 e. The Morgan fingerprint density at radius 3 is 2.94 bits per heavy atom. The monoisotopic (exact) mass is 268 g/mol. The fourth-order valence-electron chi connectivity index (χ4n) is 1.75. The Bertz CT molecular complexity index is 544. The van der Waals surface area contributed by atoms with Gasteiger partial charge in [0.1, 0.15) is 0 Å². The number of aryl methyl sites for hydroxylation is 2. The first-order valence-corrected chi connectivity index (χ1v) is 6.67. The summed E-state index contributed by atoms with van der Waals surface area (Å²) in [4.78, 5) is 12.7. The second-order valence-corrected chi connectivity index (χ2v) is 5.11. The lowest BCUT2D eigenvalue weighted by Gasteiger charge is -2.03. The molecule has 3 nitrogen and oxygen atoms in total. The minimum atomic E-state index is 0.0552. The van der Waals surface area contributed by atoms with E-state index in [4.69, 9.17) is 11.6 Å². The topological polar surface area (TPSA) is 34.9 Å². The van der Waals surface area contributed by atoms with E-state index in [0.717, 1.165) is 17.9 Å². The van der Waals surface area contributed by atoms with Crippen molar-refractivity contribution in [2.45, 2.75) is 26.8 Å². The number of thiophene rings is 1. The van der Waals surface area contributed by atoms with E-state index in [1.54, 1.807) is 6.07 Å². The molecule has 2 heterocycles. The molecule has 0 aliphatic carbocycles. The molecule has 0 amide bonds. The molecule has 2 aromatic heterocycles. The summed E-state index contributed by atoms with van der Waals surface area (Å²) in [7, 11) is 0. The molecule has 0 aliphatic heterocycles. The van der Waals surface area contributed by atoms with Crippen molar-refractivity contribution in [2.75, 3.05) is 0 Å². The quantitative estimate of drug-likeness (QED) is 0.797. The highest BCUT2D eigenvalue weighted by Crippen LogP contribution is 2.23. The number of hydrogen-bond donors (Lipinski definition) is 0. The van der Waals surface area contributed by atoms with Gasteiger partial charge in [-0.05, 0) is 31.4 Å². The number of hydrogen-bond acceptors (Lipinski definition) is 3. The molecule has 0 fully saturated rings. The fourth-order valence-corrected chi connectivity index (χ4v) is 2.85. The molecular weight excluding hydrogens is 256 g/mol. The Hall–Kier alpha value is -1.13. The molecule has 0 N–H and O–H groups in total. The molecule has 90 valence electrons. The molecule has 0 radical (unpaired) electrons. The van der Waals surface area contributed by atoms with Crippen LogP contribution in [0.15, 0.2) is 17.5 Å². The summed E-state index contributed by atoms with van der Waals surface area (Å²) in [6.07, 6.45) is 0.356. The standard InChI is InChI=1S/C12H13ClN2OS/c1-3-15-9(6-8(2)14-15)7-11(16)12-10(13)4-5-17-12/h4-6H,3,7H2,1-2H3. The molecule has 2 rings (SSSR count). The number of aromatic nitrogens is 2. The highest BCUT2D eigenvalue weighted by Gasteiger charge is 2.15. The maximum Gasteiger partial charge on any atom is 0.180 e. The van der Waals surface area contributed by atoms with Crippen molar-refractivity contribution < 1.29 is 4.79 Å². The first-order valence-electron chi connectivity index (χ1n) is 5.41. The van der Waals surface area contributed by atoms with E-state index in [9.17, 15) is 4.79 Å². The van der Waals surface area contributed by atoms with E-state index >= 15 is 0 Å². The summed E-state index contributed by atoms with van der Waals surface area (Å²) in [6, 6.07) is 3.70. The second-order valence-electron chi connectivity index (χ2n) is 3.79. The van der Waals surface area contributed by atoms with E-state index in [1.165, 1.54) is 11.3 Å². The highest BCUT2D eigenvalue weighted by atomic mass is 35.5. The van der Waals surface area contributed by atoms with Gasteiger partial charge in [0.25, 0.3) is 0 Å². The van der Waals surface area contributed by atoms with E-state index < -0.39 is 0 Å². The van der Waals surface area contributed by atoms with Crippen LogP contribution in [0.4, 0.5) is 0 Å². The summed E-state index contributed by atoms with van der Waals surface area (Å²) in [6.45, 7) is 4.71. The van der Waals surface area contributed by atoms with Crippen LogP contribution in [0.5, 0.6) is 0 Å². The summed E-state index contributed by atoms with van der Waals surface area (Å²) in [5.41, 5.74) is 1.88. The van der Waals surface area contributed by atoms with E-state index in [2.05, 4.69) is 5.10 Å². The van der Waals surface area contributed by atoms with Crippen LogP contribution in [0, 0.1) is 6.92 Å². The van der Waals surface area contributed by atoms with Crippen molar-refractivity contribution in [2.24, 2.45) is 0 Å². The Labute approximate surface area is 109 Å². The van der Waals surface area contributed by atoms with Crippen molar-refractivity contribution in [1.29, 1.82) is 0 Å². The van der Waals surface area contributed by atoms with Crippen molar-refractivity contribution in [3.8, 4) is 0 Å². The van der Waals surface area contributed by atoms with Crippen LogP contribution in [0.25, 0.3) is 0 Å². The number of ketones is 1. The van der Waals surface area contributed by atoms with Gasteiger partial charge < -0.3 is 0 Å². The molecule has 5 heteroatoms. The second kappa shape index (κ2) is 5.02. The van der Waals surface area contributed by atoms with Crippen LogP contribution in [0.1, 0.15) is 28.0 Å². The predicted molar refractivity (Wildman–Crippen MR) is 70.0 cm³/mol. The summed E-state index contributed by atoms with van der Waals surface area (Å²) < 4.78 is 1.86. The molecule has 0 bridgehead atoms. The molecule has 0 atom stereocenters. The van der Waals surface area contributed by atoms with E-state index in [1.807, 2.05) is 30.0 Å². The van der Waals surface area contributed by atoms with Gasteiger partial charge in [0.2, 0.25) is 0 Å². The van der Waals surface area contributed by atoms with Gasteiger partial charge in [-0.2, -0.15) is 5.10 Å². The van der Waals surface area contributed by atoms with Crippen molar-refractivity contribution >= 4 is 28.7 Å². The molecule has 0 saturated carbocycles. The Morgan fingerprint density at radius 1 is 1.59 bits per heavy atom. The van der Waals surface area contributed by atoms with Gasteiger partial charge in [-0.15, -0.1) is 11.3 Å². The average molecular weight is 269 g/mol. The third-order valence-corrected chi connectivity index (χ3v) is 3.88. The fraction of sp³-hybridized carbons (Fsp3) is 0.333. The van der Waals surface area contributed by atoms with Crippen LogP contribution in [0.3, 0.4) is 0 Å². The predicted octanol–water partition coefficient (Wildman–Crippen LogP) is 3.35. The van der Waals surface area contributed by atoms with Crippen molar-refractivity contribution in [1.82, 2.24) is 9.78 Å². The summed E-state index contributed by atoms with van der Waals surface area (Å²) in [5, 5.41) is 6.69. The molecule has 0 spiro atoms.